The highest BCUT2D eigenvalue weighted by Gasteiger charge is 2.05. The Labute approximate surface area is 106 Å². The van der Waals surface area contributed by atoms with Crippen molar-refractivity contribution in [3.63, 3.8) is 0 Å². The summed E-state index contributed by atoms with van der Waals surface area (Å²) in [6.07, 6.45) is 2.46. The summed E-state index contributed by atoms with van der Waals surface area (Å²) in [5.41, 5.74) is 1.51. The number of rotatable bonds is 5. The Bertz CT molecular complexity index is 416. The van der Waals surface area contributed by atoms with E-state index in [-0.39, 0.29) is 5.97 Å². The van der Waals surface area contributed by atoms with E-state index in [0.29, 0.717) is 23.6 Å². The number of esters is 1. The van der Waals surface area contributed by atoms with Gasteiger partial charge in [0.1, 0.15) is 0 Å². The van der Waals surface area contributed by atoms with Crippen LogP contribution in [0.25, 0.3) is 0 Å². The summed E-state index contributed by atoms with van der Waals surface area (Å²) in [6.45, 7) is 2.46. The van der Waals surface area contributed by atoms with Crippen LogP contribution >= 0.6 is 11.6 Å². The van der Waals surface area contributed by atoms with Crippen LogP contribution in [-0.4, -0.2) is 19.6 Å². The third-order valence-electron chi connectivity index (χ3n) is 2.34. The maximum Gasteiger partial charge on any atom is 0.333 e. The number of carbonyl (C=O) groups excluding carboxylic acids is 1. The van der Waals surface area contributed by atoms with E-state index < -0.39 is 0 Å². The third-order valence-corrected chi connectivity index (χ3v) is 2.67. The molecule has 0 unspecified atom stereocenters. The monoisotopic (exact) mass is 253 g/mol. The molecule has 1 aromatic carbocycles. The van der Waals surface area contributed by atoms with Crippen molar-refractivity contribution in [3.8, 4) is 0 Å². The summed E-state index contributed by atoms with van der Waals surface area (Å²) in [5.74, 6) is -0.284. The molecule has 1 aromatic rings. The van der Waals surface area contributed by atoms with Crippen LogP contribution in [0.15, 0.2) is 35.9 Å². The first-order valence-corrected chi connectivity index (χ1v) is 5.82. The van der Waals surface area contributed by atoms with Crippen molar-refractivity contribution < 1.29 is 9.53 Å². The Balaban J connectivity index is 2.59. The van der Waals surface area contributed by atoms with E-state index >= 15 is 0 Å². The smallest absolute Gasteiger partial charge is 0.333 e. The van der Waals surface area contributed by atoms with Gasteiger partial charge in [-0.3, -0.25) is 0 Å². The molecule has 1 N–H and O–H groups in total. The molecule has 0 aliphatic heterocycles. The summed E-state index contributed by atoms with van der Waals surface area (Å²) in [4.78, 5) is 11.3. The van der Waals surface area contributed by atoms with Gasteiger partial charge in [-0.1, -0.05) is 36.7 Å². The second-order valence-electron chi connectivity index (χ2n) is 3.44. The molecule has 17 heavy (non-hydrogen) atoms. The van der Waals surface area contributed by atoms with E-state index in [4.69, 9.17) is 11.6 Å². The standard InChI is InChI=1S/C13H16ClNO2/c1-3-10(13(16)17-2)8-9-15-12-7-5-4-6-11(12)14/h4-8,15H,3,9H2,1-2H3/b10-8-. The highest BCUT2D eigenvalue weighted by Crippen LogP contribution is 2.20. The maximum atomic E-state index is 11.3. The molecule has 0 bridgehead atoms. The number of methoxy groups -OCH3 is 1. The summed E-state index contributed by atoms with van der Waals surface area (Å²) in [5, 5.41) is 3.80. The first-order chi connectivity index (χ1) is 8.19. The van der Waals surface area contributed by atoms with Gasteiger partial charge in [0, 0.05) is 12.1 Å². The summed E-state index contributed by atoms with van der Waals surface area (Å²) < 4.78 is 4.67. The van der Waals surface area contributed by atoms with Crippen molar-refractivity contribution in [2.75, 3.05) is 19.0 Å². The minimum atomic E-state index is -0.284. The van der Waals surface area contributed by atoms with Gasteiger partial charge in [0.2, 0.25) is 0 Å². The lowest BCUT2D eigenvalue weighted by molar-refractivity contribution is -0.136. The predicted octanol–water partition coefficient (Wildman–Crippen LogP) is 3.26. The van der Waals surface area contributed by atoms with Gasteiger partial charge >= 0.3 is 5.97 Å². The fourth-order valence-corrected chi connectivity index (χ4v) is 1.59. The molecule has 0 spiro atoms. The van der Waals surface area contributed by atoms with Crippen LogP contribution in [0.2, 0.25) is 5.02 Å². The van der Waals surface area contributed by atoms with Crippen molar-refractivity contribution in [2.24, 2.45) is 0 Å². The van der Waals surface area contributed by atoms with Crippen molar-refractivity contribution in [2.45, 2.75) is 13.3 Å². The van der Waals surface area contributed by atoms with Gasteiger partial charge < -0.3 is 10.1 Å². The SMILES string of the molecule is CC/C(=C/CNc1ccccc1Cl)C(=O)OC. The fraction of sp³-hybridized carbons (Fsp3) is 0.308. The Morgan fingerprint density at radius 3 is 2.76 bits per heavy atom. The van der Waals surface area contributed by atoms with Crippen LogP contribution < -0.4 is 5.32 Å². The van der Waals surface area contributed by atoms with Gasteiger partial charge in [-0.25, -0.2) is 4.79 Å². The molecule has 4 heteroatoms. The fourth-order valence-electron chi connectivity index (χ4n) is 1.39. The lowest BCUT2D eigenvalue weighted by Gasteiger charge is -2.06. The molecule has 3 nitrogen and oxygen atoms in total. The molecule has 0 heterocycles. The number of hydrogen-bond donors (Lipinski definition) is 1. The second kappa shape index (κ2) is 6.97. The molecule has 1 rings (SSSR count). The maximum absolute atomic E-state index is 11.3. The molecule has 0 atom stereocenters. The first-order valence-electron chi connectivity index (χ1n) is 5.44. The molecule has 0 amide bonds. The zero-order chi connectivity index (χ0) is 12.7. The molecular weight excluding hydrogens is 238 g/mol. The minimum absolute atomic E-state index is 0.284. The van der Waals surface area contributed by atoms with Gasteiger partial charge in [-0.05, 0) is 18.6 Å². The van der Waals surface area contributed by atoms with Crippen LogP contribution in [-0.2, 0) is 9.53 Å². The second-order valence-corrected chi connectivity index (χ2v) is 3.84. The first kappa shape index (κ1) is 13.6. The van der Waals surface area contributed by atoms with Crippen LogP contribution in [0, 0.1) is 0 Å². The van der Waals surface area contributed by atoms with E-state index in [1.807, 2.05) is 37.3 Å². The molecule has 0 aliphatic carbocycles. The topological polar surface area (TPSA) is 38.3 Å². The zero-order valence-electron chi connectivity index (χ0n) is 10.00. The number of ether oxygens (including phenoxy) is 1. The largest absolute Gasteiger partial charge is 0.466 e. The van der Waals surface area contributed by atoms with E-state index in [2.05, 4.69) is 10.1 Å². The molecule has 0 aromatic heterocycles. The van der Waals surface area contributed by atoms with E-state index in [0.717, 1.165) is 5.69 Å². The van der Waals surface area contributed by atoms with Gasteiger partial charge in [-0.2, -0.15) is 0 Å². The molecule has 0 aliphatic rings. The highest BCUT2D eigenvalue weighted by molar-refractivity contribution is 6.33. The molecular formula is C13H16ClNO2. The summed E-state index contributed by atoms with van der Waals surface area (Å²) in [6, 6.07) is 7.48. The van der Waals surface area contributed by atoms with Crippen LogP contribution in [0.5, 0.6) is 0 Å². The lowest BCUT2D eigenvalue weighted by atomic mass is 10.2. The number of nitrogens with one attached hydrogen (secondary N) is 1. The van der Waals surface area contributed by atoms with Crippen molar-refractivity contribution in [3.05, 3.63) is 40.9 Å². The third kappa shape index (κ3) is 4.11. The van der Waals surface area contributed by atoms with E-state index in [9.17, 15) is 4.79 Å². The summed E-state index contributed by atoms with van der Waals surface area (Å²) in [7, 11) is 1.38. The normalized spacial score (nSPS) is 11.1. The number of para-hydroxylation sites is 1. The van der Waals surface area contributed by atoms with Crippen LogP contribution in [0.1, 0.15) is 13.3 Å². The van der Waals surface area contributed by atoms with Gasteiger partial charge in [0.25, 0.3) is 0 Å². The minimum Gasteiger partial charge on any atom is -0.466 e. The zero-order valence-corrected chi connectivity index (χ0v) is 10.8. The Morgan fingerprint density at radius 1 is 1.47 bits per heavy atom. The Morgan fingerprint density at radius 2 is 2.18 bits per heavy atom. The Kier molecular flexibility index (Phi) is 5.57. The van der Waals surface area contributed by atoms with Crippen molar-refractivity contribution in [1.29, 1.82) is 0 Å². The number of halogens is 1. The lowest BCUT2D eigenvalue weighted by Crippen LogP contribution is -2.07. The van der Waals surface area contributed by atoms with Crippen molar-refractivity contribution in [1.82, 2.24) is 0 Å². The Hall–Kier alpha value is -1.48. The molecule has 92 valence electrons. The van der Waals surface area contributed by atoms with Crippen LogP contribution in [0.3, 0.4) is 0 Å². The summed E-state index contributed by atoms with van der Waals surface area (Å²) >= 11 is 5.99. The van der Waals surface area contributed by atoms with Crippen molar-refractivity contribution >= 4 is 23.3 Å². The van der Waals surface area contributed by atoms with E-state index in [1.54, 1.807) is 0 Å². The number of anilines is 1. The highest BCUT2D eigenvalue weighted by atomic mass is 35.5. The number of hydrogen-bond acceptors (Lipinski definition) is 3. The number of carbonyl (C=O) groups is 1. The van der Waals surface area contributed by atoms with Crippen LogP contribution in [0.4, 0.5) is 5.69 Å². The van der Waals surface area contributed by atoms with E-state index in [1.165, 1.54) is 7.11 Å². The average Bonchev–Trinajstić information content (AvgIpc) is 2.36. The van der Waals surface area contributed by atoms with Gasteiger partial charge in [-0.15, -0.1) is 0 Å². The quantitative estimate of drug-likeness (QED) is 0.647. The average molecular weight is 254 g/mol. The molecule has 0 saturated heterocycles. The predicted molar refractivity (Wildman–Crippen MR) is 70.3 cm³/mol. The van der Waals surface area contributed by atoms with Gasteiger partial charge in [0.15, 0.2) is 0 Å². The molecule has 0 saturated carbocycles. The molecule has 0 radical (unpaired) electrons. The van der Waals surface area contributed by atoms with Gasteiger partial charge in [0.05, 0.1) is 17.8 Å². The molecule has 0 fully saturated rings. The number of benzene rings is 1.